The number of rotatable bonds is 3. The average Bonchev–Trinajstić information content (AvgIpc) is 2.12. The topological polar surface area (TPSA) is 91.7 Å². The Morgan fingerprint density at radius 1 is 1.26 bits per heavy atom. The highest BCUT2D eigenvalue weighted by atomic mass is 35.6. The highest BCUT2D eigenvalue weighted by molar-refractivity contribution is 7.85. The second-order valence-electron chi connectivity index (χ2n) is 3.43. The van der Waals surface area contributed by atoms with Gasteiger partial charge in [0.1, 0.15) is 0 Å². The molecule has 0 fully saturated rings. The third kappa shape index (κ3) is 9.98. The lowest BCUT2D eigenvalue weighted by atomic mass is 10.1. The summed E-state index contributed by atoms with van der Waals surface area (Å²) in [6, 6.07) is 5.42. The molecule has 0 saturated carbocycles. The van der Waals surface area contributed by atoms with Gasteiger partial charge in [0.25, 0.3) is 10.1 Å². The monoisotopic (exact) mass is 348 g/mol. The van der Waals surface area contributed by atoms with Crippen LogP contribution in [0.5, 0.6) is 0 Å². The molecule has 0 saturated heterocycles. The van der Waals surface area contributed by atoms with Crippen molar-refractivity contribution in [2.24, 2.45) is 0 Å². The Labute approximate surface area is 125 Å². The van der Waals surface area contributed by atoms with Crippen LogP contribution in [-0.2, 0) is 21.3 Å². The van der Waals surface area contributed by atoms with E-state index in [-0.39, 0.29) is 10.5 Å². The summed E-state index contributed by atoms with van der Waals surface area (Å²) in [5, 5.41) is 8.48. The Balaban J connectivity index is 0.000000555. The van der Waals surface area contributed by atoms with Crippen LogP contribution >= 0.6 is 34.8 Å². The molecule has 0 aliphatic heterocycles. The molecule has 0 aliphatic rings. The van der Waals surface area contributed by atoms with Crippen LogP contribution in [0, 0.1) is 0 Å². The van der Waals surface area contributed by atoms with Gasteiger partial charge in [-0.2, -0.15) is 8.42 Å². The first-order valence-corrected chi connectivity index (χ1v) is 7.32. The molecule has 0 heterocycles. The first-order valence-electron chi connectivity index (χ1n) is 4.75. The summed E-state index contributed by atoms with van der Waals surface area (Å²) >= 11 is 15.2. The van der Waals surface area contributed by atoms with Crippen LogP contribution in [0.1, 0.15) is 12.5 Å². The minimum Gasteiger partial charge on any atom is -0.481 e. The van der Waals surface area contributed by atoms with Gasteiger partial charge in [-0.3, -0.25) is 9.35 Å². The predicted molar refractivity (Wildman–Crippen MR) is 73.6 cm³/mol. The molecule has 0 bridgehead atoms. The summed E-state index contributed by atoms with van der Waals surface area (Å²) in [6.45, 7) is 1.48. The van der Waals surface area contributed by atoms with E-state index in [1.165, 1.54) is 25.1 Å². The molecule has 1 aromatic rings. The first kappa shape index (κ1) is 18.5. The van der Waals surface area contributed by atoms with Gasteiger partial charge in [-0.25, -0.2) is 0 Å². The lowest BCUT2D eigenvalue weighted by Gasteiger charge is -2.03. The van der Waals surface area contributed by atoms with Gasteiger partial charge in [-0.1, -0.05) is 53.0 Å². The quantitative estimate of drug-likeness (QED) is 0.646. The molecular weight excluding hydrogens is 339 g/mol. The third-order valence-corrected chi connectivity index (χ3v) is 2.55. The van der Waals surface area contributed by atoms with E-state index in [2.05, 4.69) is 0 Å². The van der Waals surface area contributed by atoms with E-state index >= 15 is 0 Å². The van der Waals surface area contributed by atoms with E-state index in [1.807, 2.05) is 0 Å². The van der Waals surface area contributed by atoms with E-state index in [4.69, 9.17) is 44.5 Å². The Bertz CT molecular complexity index is 530. The van der Waals surface area contributed by atoms with E-state index < -0.39 is 26.3 Å². The molecule has 5 nitrogen and oxygen atoms in total. The van der Waals surface area contributed by atoms with Gasteiger partial charge >= 0.3 is 5.97 Å². The van der Waals surface area contributed by atoms with Crippen LogP contribution in [0.15, 0.2) is 29.2 Å². The Kier molecular flexibility index (Phi) is 7.10. The Morgan fingerprint density at radius 3 is 2.05 bits per heavy atom. The standard InChI is InChI=1S/C8H8O5S.C2H3Cl3/c9-8(10)5-6-3-1-2-4-7(6)14(11,12)13;1-2(3,4)5/h1-4H,5H2,(H,9,10)(H,11,12,13);1H3. The molecule has 19 heavy (non-hydrogen) atoms. The lowest BCUT2D eigenvalue weighted by Crippen LogP contribution is -2.07. The lowest BCUT2D eigenvalue weighted by molar-refractivity contribution is -0.136. The number of hydrogen-bond acceptors (Lipinski definition) is 3. The third-order valence-electron chi connectivity index (χ3n) is 1.59. The maximum Gasteiger partial charge on any atom is 0.307 e. The predicted octanol–water partition coefficient (Wildman–Crippen LogP) is 2.94. The highest BCUT2D eigenvalue weighted by Gasteiger charge is 2.15. The van der Waals surface area contributed by atoms with Crippen molar-refractivity contribution in [3.05, 3.63) is 29.8 Å². The van der Waals surface area contributed by atoms with Gasteiger partial charge in [0.05, 0.1) is 11.3 Å². The van der Waals surface area contributed by atoms with E-state index in [1.54, 1.807) is 0 Å². The zero-order chi connectivity index (χ0) is 15.3. The van der Waals surface area contributed by atoms with Gasteiger partial charge < -0.3 is 5.11 Å². The largest absolute Gasteiger partial charge is 0.481 e. The smallest absolute Gasteiger partial charge is 0.307 e. The normalized spacial score (nSPS) is 11.4. The molecule has 1 rings (SSSR count). The molecule has 2 N–H and O–H groups in total. The minimum atomic E-state index is -4.34. The summed E-state index contributed by atoms with van der Waals surface area (Å²) in [4.78, 5) is 10.0. The van der Waals surface area contributed by atoms with Crippen LogP contribution in [-0.4, -0.2) is 27.8 Å². The molecule has 0 amide bonds. The Morgan fingerprint density at radius 2 is 1.68 bits per heavy atom. The maximum absolute atomic E-state index is 10.8. The van der Waals surface area contributed by atoms with Crippen LogP contribution in [0.3, 0.4) is 0 Å². The number of carboxylic acids is 1. The minimum absolute atomic E-state index is 0.0718. The van der Waals surface area contributed by atoms with Crippen molar-refractivity contribution in [1.82, 2.24) is 0 Å². The molecule has 0 aliphatic carbocycles. The van der Waals surface area contributed by atoms with E-state index in [0.29, 0.717) is 0 Å². The van der Waals surface area contributed by atoms with Crippen molar-refractivity contribution in [2.45, 2.75) is 22.0 Å². The highest BCUT2D eigenvalue weighted by Crippen LogP contribution is 2.23. The molecule has 0 atom stereocenters. The molecule has 108 valence electrons. The van der Waals surface area contributed by atoms with Gasteiger partial charge in [0, 0.05) is 0 Å². The second kappa shape index (κ2) is 7.31. The molecule has 0 unspecified atom stereocenters. The number of alkyl halides is 3. The Hall–Kier alpha value is -0.530. The molecular formula is C10H11Cl3O5S. The van der Waals surface area contributed by atoms with E-state index in [0.717, 1.165) is 6.07 Å². The van der Waals surface area contributed by atoms with Gasteiger partial charge in [0.2, 0.25) is 0 Å². The van der Waals surface area contributed by atoms with Crippen molar-refractivity contribution < 1.29 is 22.9 Å². The SMILES string of the molecule is CC(Cl)(Cl)Cl.O=C(O)Cc1ccccc1S(=O)(=O)O. The zero-order valence-corrected chi connectivity index (χ0v) is 12.8. The molecule has 0 aromatic heterocycles. The summed E-state index contributed by atoms with van der Waals surface area (Å²) in [5.74, 6) is -1.15. The van der Waals surface area contributed by atoms with Crippen molar-refractivity contribution in [2.75, 3.05) is 0 Å². The second-order valence-corrected chi connectivity index (χ2v) is 7.67. The summed E-state index contributed by atoms with van der Waals surface area (Å²) in [6.07, 6.45) is -0.435. The number of carbonyl (C=O) groups is 1. The summed E-state index contributed by atoms with van der Waals surface area (Å²) in [5.41, 5.74) is 0.0718. The molecule has 0 radical (unpaired) electrons. The summed E-state index contributed by atoms with van der Waals surface area (Å²) < 4.78 is 29.3. The number of aliphatic carboxylic acids is 1. The number of carboxylic acid groups (broad SMARTS) is 1. The molecule has 0 spiro atoms. The van der Waals surface area contributed by atoms with Crippen LogP contribution in [0.2, 0.25) is 0 Å². The fraction of sp³-hybridized carbons (Fsp3) is 0.300. The van der Waals surface area contributed by atoms with Crippen LogP contribution < -0.4 is 0 Å². The fourth-order valence-corrected chi connectivity index (χ4v) is 1.79. The van der Waals surface area contributed by atoms with Gasteiger partial charge in [0.15, 0.2) is 3.79 Å². The van der Waals surface area contributed by atoms with E-state index in [9.17, 15) is 13.2 Å². The van der Waals surface area contributed by atoms with Crippen molar-refractivity contribution in [3.8, 4) is 0 Å². The average molecular weight is 350 g/mol. The maximum atomic E-state index is 10.8. The van der Waals surface area contributed by atoms with Crippen LogP contribution in [0.25, 0.3) is 0 Å². The number of halogens is 3. The van der Waals surface area contributed by atoms with Crippen molar-refractivity contribution in [3.63, 3.8) is 0 Å². The zero-order valence-electron chi connectivity index (χ0n) is 9.68. The number of benzene rings is 1. The molecule has 1 aromatic carbocycles. The first-order chi connectivity index (χ1) is 8.41. The fourth-order valence-electron chi connectivity index (χ4n) is 1.06. The van der Waals surface area contributed by atoms with Crippen molar-refractivity contribution >= 4 is 50.9 Å². The van der Waals surface area contributed by atoms with Gasteiger partial charge in [-0.05, 0) is 18.6 Å². The van der Waals surface area contributed by atoms with Crippen molar-refractivity contribution in [1.29, 1.82) is 0 Å². The molecule has 9 heteroatoms. The van der Waals surface area contributed by atoms with Gasteiger partial charge in [-0.15, -0.1) is 0 Å². The summed E-state index contributed by atoms with van der Waals surface area (Å²) in [7, 11) is -4.34. The number of hydrogen-bond donors (Lipinski definition) is 2. The van der Waals surface area contributed by atoms with Crippen LogP contribution in [0.4, 0.5) is 0 Å².